The van der Waals surface area contributed by atoms with Gasteiger partial charge in [0.05, 0.1) is 0 Å². The van der Waals surface area contributed by atoms with Crippen molar-refractivity contribution in [3.8, 4) is 34.1 Å². The Morgan fingerprint density at radius 3 is 1.73 bits per heavy atom. The first-order chi connectivity index (χ1) is 28.9. The van der Waals surface area contributed by atoms with Crippen LogP contribution in [-0.2, 0) is 10.8 Å². The standard InChI is InChI=1S/C49H42BN3O2.C3H6.C2H4/c1-48(2,3)31-24-39-38-27-37(55-35-20-14-9-15-21-35)29-44-45(38)50(53-46(39)40(25-31)41-26-32(49(4,5)6)30-51-47(41)53)42-23-22-36(54-34-18-12-8-13-19-34)28-43(42)52(44)33-16-10-7-11-17-33;1-3-2;1-2/h7-30H,1-6H3;3H,1H2,2H3;1-2H2. The molecule has 0 saturated carbocycles. The number of benzene rings is 6. The molecule has 10 rings (SSSR count). The molecule has 0 fully saturated rings. The van der Waals surface area contributed by atoms with E-state index in [2.05, 4.69) is 156 Å². The summed E-state index contributed by atoms with van der Waals surface area (Å²) in [4.78, 5) is 7.73. The number of ether oxygens (including phenoxy) is 2. The highest BCUT2D eigenvalue weighted by atomic mass is 16.5. The first kappa shape index (κ1) is 40.0. The number of anilines is 3. The highest BCUT2D eigenvalue weighted by molar-refractivity contribution is 6.90. The predicted molar refractivity (Wildman–Crippen MR) is 255 cm³/mol. The van der Waals surface area contributed by atoms with Gasteiger partial charge in [-0.2, -0.15) is 0 Å². The van der Waals surface area contributed by atoms with Gasteiger partial charge in [0.1, 0.15) is 28.6 Å². The average molecular weight is 786 g/mol. The van der Waals surface area contributed by atoms with Crippen LogP contribution < -0.4 is 25.3 Å². The zero-order valence-electron chi connectivity index (χ0n) is 35.8. The van der Waals surface area contributed by atoms with Crippen molar-refractivity contribution in [3.05, 3.63) is 183 Å². The van der Waals surface area contributed by atoms with Crippen molar-refractivity contribution in [2.45, 2.75) is 59.3 Å². The molecule has 5 nitrogen and oxygen atoms in total. The average Bonchev–Trinajstić information content (AvgIpc) is 3.57. The van der Waals surface area contributed by atoms with Gasteiger partial charge in [0.25, 0.3) is 0 Å². The second kappa shape index (κ2) is 15.8. The zero-order valence-corrected chi connectivity index (χ0v) is 35.8. The second-order valence-electron chi connectivity index (χ2n) is 17.3. The highest BCUT2D eigenvalue weighted by Gasteiger charge is 2.44. The van der Waals surface area contributed by atoms with Gasteiger partial charge in [0.15, 0.2) is 0 Å². The van der Waals surface area contributed by atoms with Gasteiger partial charge in [-0.05, 0) is 112 Å². The van der Waals surface area contributed by atoms with Crippen LogP contribution in [-0.4, -0.2) is 16.3 Å². The lowest BCUT2D eigenvalue weighted by Gasteiger charge is -2.40. The maximum atomic E-state index is 6.74. The normalized spacial score (nSPS) is 12.4. The van der Waals surface area contributed by atoms with E-state index >= 15 is 0 Å². The summed E-state index contributed by atoms with van der Waals surface area (Å²) < 4.78 is 15.8. The van der Waals surface area contributed by atoms with E-state index in [1.807, 2.05) is 67.6 Å². The van der Waals surface area contributed by atoms with Gasteiger partial charge < -0.3 is 18.9 Å². The Hall–Kier alpha value is -6.79. The minimum Gasteiger partial charge on any atom is -0.457 e. The van der Waals surface area contributed by atoms with Crippen LogP contribution in [0.2, 0.25) is 0 Å². The van der Waals surface area contributed by atoms with Crippen molar-refractivity contribution in [2.24, 2.45) is 0 Å². The zero-order chi connectivity index (χ0) is 42.3. The van der Waals surface area contributed by atoms with Gasteiger partial charge in [-0.25, -0.2) is 4.98 Å². The Bertz CT molecular complexity index is 2850. The van der Waals surface area contributed by atoms with Gasteiger partial charge in [-0.15, -0.1) is 19.7 Å². The molecule has 298 valence electrons. The van der Waals surface area contributed by atoms with Gasteiger partial charge in [0.2, 0.25) is 0 Å². The van der Waals surface area contributed by atoms with Gasteiger partial charge in [-0.1, -0.05) is 108 Å². The maximum absolute atomic E-state index is 6.74. The van der Waals surface area contributed by atoms with E-state index in [-0.39, 0.29) is 17.7 Å². The number of aromatic nitrogens is 2. The minimum atomic E-state index is -0.155. The molecule has 0 amide bonds. The molecule has 2 aliphatic heterocycles. The lowest BCUT2D eigenvalue weighted by atomic mass is 9.45. The summed E-state index contributed by atoms with van der Waals surface area (Å²) in [5, 5.41) is 2.41. The fourth-order valence-corrected chi connectivity index (χ4v) is 8.39. The van der Waals surface area contributed by atoms with Crippen LogP contribution >= 0.6 is 0 Å². The van der Waals surface area contributed by atoms with Gasteiger partial charge in [-0.3, -0.25) is 0 Å². The smallest absolute Gasteiger partial charge is 0.334 e. The fraction of sp³-hybridized carbons (Fsp3) is 0.167. The van der Waals surface area contributed by atoms with Crippen LogP contribution in [0.5, 0.6) is 23.0 Å². The topological polar surface area (TPSA) is 39.5 Å². The summed E-state index contributed by atoms with van der Waals surface area (Å²) in [6.07, 6.45) is 3.83. The third kappa shape index (κ3) is 7.06. The number of allylic oxidation sites excluding steroid dienone is 1. The molecule has 2 aromatic heterocycles. The number of pyridine rings is 1. The first-order valence-corrected chi connectivity index (χ1v) is 20.6. The van der Waals surface area contributed by atoms with Crippen LogP contribution in [0.15, 0.2) is 172 Å². The van der Waals surface area contributed by atoms with E-state index in [0.29, 0.717) is 0 Å². The molecule has 0 spiro atoms. The van der Waals surface area contributed by atoms with E-state index in [9.17, 15) is 0 Å². The van der Waals surface area contributed by atoms with Gasteiger partial charge in [0, 0.05) is 57.2 Å². The molecule has 0 aliphatic carbocycles. The van der Waals surface area contributed by atoms with E-state index in [0.717, 1.165) is 45.7 Å². The maximum Gasteiger partial charge on any atom is 0.334 e. The Morgan fingerprint density at radius 1 is 0.583 bits per heavy atom. The van der Waals surface area contributed by atoms with E-state index in [1.165, 1.54) is 49.5 Å². The molecule has 60 heavy (non-hydrogen) atoms. The van der Waals surface area contributed by atoms with Crippen molar-refractivity contribution in [1.29, 1.82) is 0 Å². The molecule has 0 saturated heterocycles. The molecule has 6 aromatic carbocycles. The predicted octanol–water partition coefficient (Wildman–Crippen LogP) is 13.8. The number of fused-ring (bicyclic) bond motifs is 7. The molecular formula is C54H52BN3O2. The number of rotatable bonds is 5. The summed E-state index contributed by atoms with van der Waals surface area (Å²) in [7, 11) is 0. The third-order valence-corrected chi connectivity index (χ3v) is 11.2. The second-order valence-corrected chi connectivity index (χ2v) is 17.3. The molecule has 2 aliphatic rings. The van der Waals surface area contributed by atoms with E-state index < -0.39 is 0 Å². The third-order valence-electron chi connectivity index (χ3n) is 11.2. The molecule has 0 atom stereocenters. The first-order valence-electron chi connectivity index (χ1n) is 20.6. The van der Waals surface area contributed by atoms with Crippen molar-refractivity contribution in [3.63, 3.8) is 0 Å². The molecule has 8 aromatic rings. The summed E-state index contributed by atoms with van der Waals surface area (Å²) in [6.45, 7) is 24.8. The monoisotopic (exact) mass is 785 g/mol. The van der Waals surface area contributed by atoms with E-state index in [1.54, 1.807) is 6.08 Å². The summed E-state index contributed by atoms with van der Waals surface area (Å²) in [5.74, 6) is 3.15. The highest BCUT2D eigenvalue weighted by Crippen LogP contribution is 2.49. The van der Waals surface area contributed by atoms with Gasteiger partial charge >= 0.3 is 6.85 Å². The largest absolute Gasteiger partial charge is 0.457 e. The molecule has 0 bridgehead atoms. The number of hydrogen-bond donors (Lipinski definition) is 0. The molecule has 0 N–H and O–H groups in total. The Labute approximate surface area is 355 Å². The summed E-state index contributed by atoms with van der Waals surface area (Å²) >= 11 is 0. The Morgan fingerprint density at radius 2 is 1.13 bits per heavy atom. The lowest BCUT2D eigenvalue weighted by molar-refractivity contribution is 0.483. The number of hydrogen-bond acceptors (Lipinski definition) is 4. The van der Waals surface area contributed by atoms with Crippen molar-refractivity contribution in [2.75, 3.05) is 4.90 Å². The van der Waals surface area contributed by atoms with E-state index in [4.69, 9.17) is 14.5 Å². The summed E-state index contributed by atoms with van der Waals surface area (Å²) in [6, 6.07) is 49.0. The summed E-state index contributed by atoms with van der Waals surface area (Å²) in [5.41, 5.74) is 12.5. The van der Waals surface area contributed by atoms with Crippen LogP contribution in [0.25, 0.3) is 33.1 Å². The quantitative estimate of drug-likeness (QED) is 0.129. The van der Waals surface area contributed by atoms with Crippen LogP contribution in [0.1, 0.15) is 59.6 Å². The lowest BCUT2D eigenvalue weighted by Crippen LogP contribution is -2.56. The SMILES string of the molecule is C=C.C=CC.CC(C)(C)c1cnc2c(c1)c1cc(C(C)(C)C)cc3c1n2B1c2ccc(Oc4ccccc4)cc2N(c2ccccc2)c2cc(Oc4ccccc4)cc-3c21. The van der Waals surface area contributed by atoms with Crippen molar-refractivity contribution >= 4 is 56.8 Å². The number of para-hydroxylation sites is 3. The van der Waals surface area contributed by atoms with Crippen molar-refractivity contribution < 1.29 is 9.47 Å². The molecule has 0 radical (unpaired) electrons. The molecule has 4 heterocycles. The van der Waals surface area contributed by atoms with Crippen LogP contribution in [0, 0.1) is 0 Å². The number of nitrogens with zero attached hydrogens (tertiary/aromatic N) is 3. The Balaban J connectivity index is 0.000000957. The molecular weight excluding hydrogens is 733 g/mol. The van der Waals surface area contributed by atoms with Crippen LogP contribution in [0.3, 0.4) is 0 Å². The van der Waals surface area contributed by atoms with Crippen LogP contribution in [0.4, 0.5) is 17.1 Å². The molecule has 0 unspecified atom stereocenters. The van der Waals surface area contributed by atoms with Crippen molar-refractivity contribution in [1.82, 2.24) is 9.46 Å². The Kier molecular flexibility index (Phi) is 10.5. The minimum absolute atomic E-state index is 0.0527. The fourth-order valence-electron chi connectivity index (χ4n) is 8.39. The molecule has 6 heteroatoms.